The molecule has 0 aromatic heterocycles. The van der Waals surface area contributed by atoms with E-state index in [1.54, 1.807) is 0 Å². The molecule has 0 bridgehead atoms. The number of ether oxygens (including phenoxy) is 2. The average molecular weight is 219 g/mol. The SMILES string of the molecule is COC(=O)COc1ccc(F)cc1Cl. The molecule has 0 fully saturated rings. The van der Waals surface area contributed by atoms with Gasteiger partial charge in [-0.1, -0.05) is 11.6 Å². The summed E-state index contributed by atoms with van der Waals surface area (Å²) in [6, 6.07) is 3.65. The van der Waals surface area contributed by atoms with Crippen LogP contribution in [0.4, 0.5) is 4.39 Å². The molecule has 0 amide bonds. The number of hydrogen-bond donors (Lipinski definition) is 0. The molecule has 0 spiro atoms. The Balaban J connectivity index is 2.63. The zero-order valence-electron chi connectivity index (χ0n) is 7.42. The molecule has 0 aliphatic rings. The van der Waals surface area contributed by atoms with Gasteiger partial charge in [0.25, 0.3) is 0 Å². The summed E-state index contributed by atoms with van der Waals surface area (Å²) in [5.41, 5.74) is 0. The number of esters is 1. The largest absolute Gasteiger partial charge is 0.480 e. The first kappa shape index (κ1) is 10.8. The fraction of sp³-hybridized carbons (Fsp3) is 0.222. The molecule has 14 heavy (non-hydrogen) atoms. The van der Waals surface area contributed by atoms with Gasteiger partial charge in [0.05, 0.1) is 12.1 Å². The van der Waals surface area contributed by atoms with Crippen molar-refractivity contribution in [2.75, 3.05) is 13.7 Å². The van der Waals surface area contributed by atoms with Crippen LogP contribution in [0.1, 0.15) is 0 Å². The summed E-state index contributed by atoms with van der Waals surface area (Å²) >= 11 is 5.64. The second kappa shape index (κ2) is 4.81. The van der Waals surface area contributed by atoms with Gasteiger partial charge in [-0.05, 0) is 18.2 Å². The van der Waals surface area contributed by atoms with E-state index < -0.39 is 11.8 Å². The van der Waals surface area contributed by atoms with Gasteiger partial charge in [-0.25, -0.2) is 9.18 Å². The van der Waals surface area contributed by atoms with Crippen LogP contribution in [0, 0.1) is 5.82 Å². The third kappa shape index (κ3) is 2.88. The first-order chi connectivity index (χ1) is 6.63. The molecular weight excluding hydrogens is 211 g/mol. The average Bonchev–Trinajstić information content (AvgIpc) is 2.16. The van der Waals surface area contributed by atoms with Gasteiger partial charge in [-0.15, -0.1) is 0 Å². The molecule has 3 nitrogen and oxygen atoms in total. The summed E-state index contributed by atoms with van der Waals surface area (Å²) in [4.78, 5) is 10.7. The first-order valence-corrected chi connectivity index (χ1v) is 4.16. The second-order valence-electron chi connectivity index (χ2n) is 2.44. The predicted molar refractivity (Wildman–Crippen MR) is 48.9 cm³/mol. The van der Waals surface area contributed by atoms with E-state index in [4.69, 9.17) is 16.3 Å². The number of rotatable bonds is 3. The molecule has 0 saturated heterocycles. The van der Waals surface area contributed by atoms with Crippen molar-refractivity contribution in [2.45, 2.75) is 0 Å². The normalized spacial score (nSPS) is 9.64. The zero-order chi connectivity index (χ0) is 10.6. The number of hydrogen-bond acceptors (Lipinski definition) is 3. The van der Waals surface area contributed by atoms with Gasteiger partial charge < -0.3 is 9.47 Å². The number of methoxy groups -OCH3 is 1. The molecule has 0 atom stereocenters. The van der Waals surface area contributed by atoms with Crippen molar-refractivity contribution < 1.29 is 18.7 Å². The Kier molecular flexibility index (Phi) is 3.71. The Bertz CT molecular complexity index is 341. The first-order valence-electron chi connectivity index (χ1n) is 3.78. The number of benzene rings is 1. The highest BCUT2D eigenvalue weighted by Gasteiger charge is 2.06. The molecule has 1 aromatic carbocycles. The third-order valence-electron chi connectivity index (χ3n) is 1.47. The van der Waals surface area contributed by atoms with E-state index in [1.165, 1.54) is 19.2 Å². The van der Waals surface area contributed by atoms with Crippen LogP contribution in [0.5, 0.6) is 5.75 Å². The van der Waals surface area contributed by atoms with Crippen molar-refractivity contribution in [3.63, 3.8) is 0 Å². The minimum atomic E-state index is -0.523. The monoisotopic (exact) mass is 218 g/mol. The Morgan fingerprint density at radius 3 is 2.86 bits per heavy atom. The van der Waals surface area contributed by atoms with E-state index >= 15 is 0 Å². The van der Waals surface area contributed by atoms with E-state index in [2.05, 4.69) is 4.74 Å². The minimum absolute atomic E-state index is 0.119. The topological polar surface area (TPSA) is 35.5 Å². The van der Waals surface area contributed by atoms with Crippen LogP contribution in [-0.2, 0) is 9.53 Å². The summed E-state index contributed by atoms with van der Waals surface area (Å²) in [7, 11) is 1.25. The van der Waals surface area contributed by atoms with Gasteiger partial charge in [-0.2, -0.15) is 0 Å². The van der Waals surface area contributed by atoms with Gasteiger partial charge in [-0.3, -0.25) is 0 Å². The van der Waals surface area contributed by atoms with Crippen molar-refractivity contribution in [3.05, 3.63) is 29.0 Å². The van der Waals surface area contributed by atoms with Gasteiger partial charge >= 0.3 is 5.97 Å². The fourth-order valence-corrected chi connectivity index (χ4v) is 1.01. The number of carbonyl (C=O) groups is 1. The lowest BCUT2D eigenvalue weighted by Gasteiger charge is -2.05. The van der Waals surface area contributed by atoms with Crippen LogP contribution in [0.25, 0.3) is 0 Å². The summed E-state index contributed by atoms with van der Waals surface area (Å²) in [6.45, 7) is -0.248. The maximum Gasteiger partial charge on any atom is 0.343 e. The third-order valence-corrected chi connectivity index (χ3v) is 1.76. The highest BCUT2D eigenvalue weighted by atomic mass is 35.5. The van der Waals surface area contributed by atoms with Crippen LogP contribution in [0.3, 0.4) is 0 Å². The van der Waals surface area contributed by atoms with Crippen molar-refractivity contribution in [3.8, 4) is 5.75 Å². The second-order valence-corrected chi connectivity index (χ2v) is 2.85. The van der Waals surface area contributed by atoms with Crippen molar-refractivity contribution in [1.82, 2.24) is 0 Å². The van der Waals surface area contributed by atoms with E-state index in [9.17, 15) is 9.18 Å². The lowest BCUT2D eigenvalue weighted by atomic mass is 10.3. The molecule has 76 valence electrons. The quantitative estimate of drug-likeness (QED) is 0.729. The maximum absolute atomic E-state index is 12.6. The number of carbonyl (C=O) groups excluding carboxylic acids is 1. The van der Waals surface area contributed by atoms with E-state index in [1.807, 2.05) is 0 Å². The molecule has 0 aliphatic heterocycles. The van der Waals surface area contributed by atoms with E-state index in [0.717, 1.165) is 6.07 Å². The van der Waals surface area contributed by atoms with Crippen LogP contribution in [0.2, 0.25) is 5.02 Å². The Morgan fingerprint density at radius 2 is 2.29 bits per heavy atom. The van der Waals surface area contributed by atoms with Crippen molar-refractivity contribution in [2.24, 2.45) is 0 Å². The van der Waals surface area contributed by atoms with Crippen molar-refractivity contribution in [1.29, 1.82) is 0 Å². The van der Waals surface area contributed by atoms with Crippen LogP contribution in [0.15, 0.2) is 18.2 Å². The molecule has 1 rings (SSSR count). The minimum Gasteiger partial charge on any atom is -0.480 e. The highest BCUT2D eigenvalue weighted by molar-refractivity contribution is 6.32. The summed E-state index contributed by atoms with van der Waals surface area (Å²) in [5.74, 6) is -0.732. The van der Waals surface area contributed by atoms with E-state index in [0.29, 0.717) is 0 Å². The van der Waals surface area contributed by atoms with Crippen LogP contribution in [-0.4, -0.2) is 19.7 Å². The van der Waals surface area contributed by atoms with Gasteiger partial charge in [0, 0.05) is 0 Å². The summed E-state index contributed by atoms with van der Waals surface area (Å²) < 4.78 is 21.9. The molecule has 0 N–H and O–H groups in total. The Labute approximate surface area is 85.4 Å². The Morgan fingerprint density at radius 1 is 1.57 bits per heavy atom. The van der Waals surface area contributed by atoms with Gasteiger partial charge in [0.2, 0.25) is 0 Å². The van der Waals surface area contributed by atoms with Gasteiger partial charge in [0.15, 0.2) is 6.61 Å². The standard InChI is InChI=1S/C9H8ClFO3/c1-13-9(12)5-14-8-3-2-6(11)4-7(8)10/h2-4H,5H2,1H3. The number of halogens is 2. The van der Waals surface area contributed by atoms with Gasteiger partial charge in [0.1, 0.15) is 11.6 Å². The molecule has 0 aliphatic carbocycles. The molecule has 1 aromatic rings. The lowest BCUT2D eigenvalue weighted by molar-refractivity contribution is -0.142. The molecule has 0 unspecified atom stereocenters. The summed E-state index contributed by atoms with van der Waals surface area (Å²) in [6.07, 6.45) is 0. The smallest absolute Gasteiger partial charge is 0.343 e. The van der Waals surface area contributed by atoms with E-state index in [-0.39, 0.29) is 17.4 Å². The lowest BCUT2D eigenvalue weighted by Crippen LogP contribution is -2.12. The highest BCUT2D eigenvalue weighted by Crippen LogP contribution is 2.24. The fourth-order valence-electron chi connectivity index (χ4n) is 0.788. The zero-order valence-corrected chi connectivity index (χ0v) is 8.18. The predicted octanol–water partition coefficient (Wildman–Crippen LogP) is 2.03. The molecule has 0 heterocycles. The van der Waals surface area contributed by atoms with Crippen molar-refractivity contribution >= 4 is 17.6 Å². The summed E-state index contributed by atoms with van der Waals surface area (Å²) in [5, 5.41) is 0.119. The molecule has 0 radical (unpaired) electrons. The Hall–Kier alpha value is -1.29. The molecule has 0 saturated carbocycles. The van der Waals surface area contributed by atoms with Crippen LogP contribution < -0.4 is 4.74 Å². The molecule has 5 heteroatoms. The maximum atomic E-state index is 12.6. The van der Waals surface area contributed by atoms with Crippen LogP contribution >= 0.6 is 11.6 Å². The molecular formula is C9H8ClFO3.